The lowest BCUT2D eigenvalue weighted by Gasteiger charge is -2.24. The van der Waals surface area contributed by atoms with Crippen LogP contribution in [0.15, 0.2) is 52.9 Å². The van der Waals surface area contributed by atoms with Gasteiger partial charge in [-0.15, -0.1) is 0 Å². The second kappa shape index (κ2) is 6.92. The van der Waals surface area contributed by atoms with Crippen LogP contribution in [0.4, 0.5) is 4.39 Å². The number of hydrogen-bond donors (Lipinski definition) is 1. The molecule has 2 heterocycles. The second-order valence-corrected chi connectivity index (χ2v) is 6.81. The zero-order valence-electron chi connectivity index (χ0n) is 14.3. The molecule has 5 heteroatoms. The maximum atomic E-state index is 13.1. The lowest BCUT2D eigenvalue weighted by molar-refractivity contribution is 0.0661. The molecule has 2 aromatic carbocycles. The van der Waals surface area contributed by atoms with Crippen molar-refractivity contribution in [1.29, 1.82) is 0 Å². The van der Waals surface area contributed by atoms with Gasteiger partial charge in [0.1, 0.15) is 11.4 Å². The molecular weight excluding hydrogens is 333 g/mol. The van der Waals surface area contributed by atoms with Crippen LogP contribution >= 0.6 is 0 Å². The Hall–Kier alpha value is -2.66. The molecule has 4 nitrogen and oxygen atoms in total. The van der Waals surface area contributed by atoms with E-state index >= 15 is 0 Å². The molecule has 1 aliphatic rings. The van der Waals surface area contributed by atoms with E-state index in [0.29, 0.717) is 18.2 Å². The Labute approximate surface area is 150 Å². The fraction of sp³-hybridized carbons (Fsp3) is 0.286. The van der Waals surface area contributed by atoms with Crippen LogP contribution in [0, 0.1) is 5.82 Å². The fourth-order valence-corrected chi connectivity index (χ4v) is 3.86. The minimum atomic E-state index is -1.04. The lowest BCUT2D eigenvalue weighted by Crippen LogP contribution is -2.31. The minimum Gasteiger partial charge on any atom is -0.475 e. The number of benzene rings is 2. The quantitative estimate of drug-likeness (QED) is 0.735. The first kappa shape index (κ1) is 16.8. The molecule has 4 rings (SSSR count). The summed E-state index contributed by atoms with van der Waals surface area (Å²) in [5.41, 5.74) is 2.44. The normalized spacial score (nSPS) is 17.8. The fourth-order valence-electron chi connectivity index (χ4n) is 3.86. The number of carboxylic acids is 1. The number of fused-ring (bicyclic) bond motifs is 1. The van der Waals surface area contributed by atoms with E-state index in [2.05, 4.69) is 4.90 Å². The number of furan rings is 1. The Morgan fingerprint density at radius 3 is 2.73 bits per heavy atom. The smallest absolute Gasteiger partial charge is 0.372 e. The zero-order valence-corrected chi connectivity index (χ0v) is 14.3. The van der Waals surface area contributed by atoms with Gasteiger partial charge in [0.15, 0.2) is 0 Å². The summed E-state index contributed by atoms with van der Waals surface area (Å²) in [7, 11) is 0. The van der Waals surface area contributed by atoms with Gasteiger partial charge in [0.05, 0.1) is 0 Å². The highest BCUT2D eigenvalue weighted by Gasteiger charge is 2.28. The van der Waals surface area contributed by atoms with Crippen molar-refractivity contribution < 1.29 is 18.7 Å². The van der Waals surface area contributed by atoms with Crippen LogP contribution < -0.4 is 0 Å². The summed E-state index contributed by atoms with van der Waals surface area (Å²) >= 11 is 0. The maximum Gasteiger partial charge on any atom is 0.372 e. The van der Waals surface area contributed by atoms with E-state index in [9.17, 15) is 14.3 Å². The van der Waals surface area contributed by atoms with Crippen molar-refractivity contribution in [2.24, 2.45) is 0 Å². The molecule has 3 aromatic rings. The Kier molecular flexibility index (Phi) is 4.47. The third-order valence-corrected chi connectivity index (χ3v) is 5.14. The molecule has 1 N–H and O–H groups in total. The summed E-state index contributed by atoms with van der Waals surface area (Å²) in [4.78, 5) is 13.9. The number of carbonyl (C=O) groups is 1. The number of para-hydroxylation sites is 1. The standard InChI is InChI=1S/C21H20FNO3/c22-15-9-7-14(8-10-15)12-16-4-3-11-23(16)13-18-17-5-1-2-6-19(17)26-20(18)21(24)25/h1-2,5-10,16H,3-4,11-13H2,(H,24,25). The van der Waals surface area contributed by atoms with Crippen molar-refractivity contribution in [1.82, 2.24) is 4.90 Å². The number of likely N-dealkylation sites (tertiary alicyclic amines) is 1. The summed E-state index contributed by atoms with van der Waals surface area (Å²) in [6, 6.07) is 14.4. The summed E-state index contributed by atoms with van der Waals surface area (Å²) in [5.74, 6) is -1.24. The van der Waals surface area contributed by atoms with Crippen LogP contribution in [0.3, 0.4) is 0 Å². The Morgan fingerprint density at radius 1 is 1.19 bits per heavy atom. The van der Waals surface area contributed by atoms with Gasteiger partial charge in [-0.25, -0.2) is 9.18 Å². The third-order valence-electron chi connectivity index (χ3n) is 5.14. The van der Waals surface area contributed by atoms with Crippen molar-refractivity contribution in [3.05, 3.63) is 71.2 Å². The van der Waals surface area contributed by atoms with E-state index in [0.717, 1.165) is 42.3 Å². The first-order chi connectivity index (χ1) is 12.6. The Bertz CT molecular complexity index is 932. The average Bonchev–Trinajstić information content (AvgIpc) is 3.22. The van der Waals surface area contributed by atoms with Crippen LogP contribution in [-0.4, -0.2) is 28.6 Å². The predicted molar refractivity (Wildman–Crippen MR) is 96.7 cm³/mol. The van der Waals surface area contributed by atoms with E-state index in [1.165, 1.54) is 12.1 Å². The third kappa shape index (κ3) is 3.22. The Morgan fingerprint density at radius 2 is 1.96 bits per heavy atom. The van der Waals surface area contributed by atoms with Gasteiger partial charge < -0.3 is 9.52 Å². The highest BCUT2D eigenvalue weighted by molar-refractivity contribution is 5.95. The van der Waals surface area contributed by atoms with Crippen LogP contribution in [0.2, 0.25) is 0 Å². The summed E-state index contributed by atoms with van der Waals surface area (Å²) in [6.45, 7) is 1.47. The first-order valence-corrected chi connectivity index (χ1v) is 8.84. The minimum absolute atomic E-state index is 0.0265. The molecule has 26 heavy (non-hydrogen) atoms. The van der Waals surface area contributed by atoms with Gasteiger partial charge in [-0.2, -0.15) is 0 Å². The SMILES string of the molecule is O=C(O)c1oc2ccccc2c1CN1CCCC1Cc1ccc(F)cc1. The number of halogens is 1. The number of carboxylic acid groups (broad SMARTS) is 1. The molecular formula is C21H20FNO3. The van der Waals surface area contributed by atoms with E-state index in [4.69, 9.17) is 4.42 Å². The molecule has 1 aliphatic heterocycles. The van der Waals surface area contributed by atoms with Gasteiger partial charge in [-0.05, 0) is 49.6 Å². The van der Waals surface area contributed by atoms with Crippen molar-refractivity contribution in [3.63, 3.8) is 0 Å². The topological polar surface area (TPSA) is 53.7 Å². The lowest BCUT2D eigenvalue weighted by atomic mass is 10.0. The van der Waals surface area contributed by atoms with Crippen molar-refractivity contribution in [2.75, 3.05) is 6.54 Å². The average molecular weight is 353 g/mol. The van der Waals surface area contributed by atoms with Gasteiger partial charge in [0, 0.05) is 23.5 Å². The van der Waals surface area contributed by atoms with E-state index in [1.54, 1.807) is 6.07 Å². The maximum absolute atomic E-state index is 13.1. The van der Waals surface area contributed by atoms with Gasteiger partial charge in [0.2, 0.25) is 5.76 Å². The van der Waals surface area contributed by atoms with Gasteiger partial charge in [-0.3, -0.25) is 4.90 Å². The molecule has 0 spiro atoms. The molecule has 0 radical (unpaired) electrons. The largest absolute Gasteiger partial charge is 0.475 e. The monoisotopic (exact) mass is 353 g/mol. The second-order valence-electron chi connectivity index (χ2n) is 6.81. The van der Waals surface area contributed by atoms with Crippen LogP contribution in [0.1, 0.15) is 34.5 Å². The van der Waals surface area contributed by atoms with Crippen LogP contribution in [0.5, 0.6) is 0 Å². The molecule has 0 aliphatic carbocycles. The van der Waals surface area contributed by atoms with E-state index < -0.39 is 5.97 Å². The molecule has 1 saturated heterocycles. The van der Waals surface area contributed by atoms with E-state index in [-0.39, 0.29) is 11.6 Å². The zero-order chi connectivity index (χ0) is 18.1. The number of rotatable bonds is 5. The molecule has 134 valence electrons. The summed E-state index contributed by atoms with van der Waals surface area (Å²) in [6.07, 6.45) is 2.96. The van der Waals surface area contributed by atoms with Crippen LogP contribution in [-0.2, 0) is 13.0 Å². The summed E-state index contributed by atoms with van der Waals surface area (Å²) in [5, 5.41) is 10.4. The Balaban J connectivity index is 1.60. The molecule has 0 bridgehead atoms. The highest BCUT2D eigenvalue weighted by atomic mass is 19.1. The summed E-state index contributed by atoms with van der Waals surface area (Å²) < 4.78 is 18.7. The molecule has 1 atom stereocenters. The number of aromatic carboxylic acids is 1. The van der Waals surface area contributed by atoms with Crippen molar-refractivity contribution >= 4 is 16.9 Å². The van der Waals surface area contributed by atoms with Crippen molar-refractivity contribution in [3.8, 4) is 0 Å². The first-order valence-electron chi connectivity index (χ1n) is 8.84. The van der Waals surface area contributed by atoms with Gasteiger partial charge in [-0.1, -0.05) is 30.3 Å². The van der Waals surface area contributed by atoms with Gasteiger partial charge in [0.25, 0.3) is 0 Å². The van der Waals surface area contributed by atoms with E-state index in [1.807, 2.05) is 30.3 Å². The van der Waals surface area contributed by atoms with Crippen LogP contribution in [0.25, 0.3) is 11.0 Å². The van der Waals surface area contributed by atoms with Gasteiger partial charge >= 0.3 is 5.97 Å². The number of nitrogens with zero attached hydrogens (tertiary/aromatic N) is 1. The van der Waals surface area contributed by atoms with Crippen molar-refractivity contribution in [2.45, 2.75) is 31.8 Å². The molecule has 1 fully saturated rings. The molecule has 0 saturated carbocycles. The molecule has 0 amide bonds. The molecule has 1 unspecified atom stereocenters. The highest BCUT2D eigenvalue weighted by Crippen LogP contribution is 2.30. The number of hydrogen-bond acceptors (Lipinski definition) is 3. The predicted octanol–water partition coefficient (Wildman–Crippen LogP) is 4.48. The molecule has 1 aromatic heterocycles.